The second kappa shape index (κ2) is 3.71. The fourth-order valence-electron chi connectivity index (χ4n) is 3.10. The van der Waals surface area contributed by atoms with E-state index in [-0.39, 0.29) is 6.10 Å². The molecule has 1 aromatic rings. The molecule has 3 rings (SSSR count). The molecular formula is C13H15N3O. The Hall–Kier alpha value is -1.60. The van der Waals surface area contributed by atoms with Gasteiger partial charge in [0, 0.05) is 12.2 Å². The summed E-state index contributed by atoms with van der Waals surface area (Å²) in [4.78, 5) is 4.11. The van der Waals surface area contributed by atoms with Gasteiger partial charge in [0.25, 0.3) is 0 Å². The number of rotatable bonds is 2. The Balaban J connectivity index is 1.61. The third kappa shape index (κ3) is 1.77. The van der Waals surface area contributed by atoms with Crippen molar-refractivity contribution >= 4 is 0 Å². The number of hydrogen-bond donors (Lipinski definition) is 1. The van der Waals surface area contributed by atoms with Gasteiger partial charge in [0.1, 0.15) is 17.7 Å². The van der Waals surface area contributed by atoms with E-state index in [4.69, 9.17) is 15.7 Å². The van der Waals surface area contributed by atoms with Gasteiger partial charge in [-0.3, -0.25) is 0 Å². The van der Waals surface area contributed by atoms with E-state index in [9.17, 15) is 0 Å². The van der Waals surface area contributed by atoms with Gasteiger partial charge in [-0.05, 0) is 43.2 Å². The highest BCUT2D eigenvalue weighted by Crippen LogP contribution is 2.56. The van der Waals surface area contributed by atoms with Crippen molar-refractivity contribution in [3.05, 3.63) is 23.9 Å². The number of hydrogen-bond acceptors (Lipinski definition) is 4. The summed E-state index contributed by atoms with van der Waals surface area (Å²) in [6, 6.07) is 5.97. The summed E-state index contributed by atoms with van der Waals surface area (Å²) in [5.74, 6) is 0.471. The molecule has 0 atom stereocenters. The maximum absolute atomic E-state index is 8.93. The standard InChI is InChI=1S/C13H15N3O/c14-8-9-2-1-3-16-12(9)17-11-6-13(7-11)4-10(15)5-13/h1-3,10-11H,4-7,15H2. The van der Waals surface area contributed by atoms with Crippen LogP contribution in [-0.4, -0.2) is 17.1 Å². The molecule has 4 nitrogen and oxygen atoms in total. The molecule has 1 heterocycles. The van der Waals surface area contributed by atoms with Crippen LogP contribution in [0.5, 0.6) is 5.88 Å². The van der Waals surface area contributed by atoms with Crippen LogP contribution in [0.15, 0.2) is 18.3 Å². The minimum absolute atomic E-state index is 0.212. The van der Waals surface area contributed by atoms with Crippen molar-refractivity contribution in [1.29, 1.82) is 5.26 Å². The molecule has 0 radical (unpaired) electrons. The predicted molar refractivity (Wildman–Crippen MR) is 62.2 cm³/mol. The molecule has 2 fully saturated rings. The first-order chi connectivity index (χ1) is 8.21. The van der Waals surface area contributed by atoms with Crippen molar-refractivity contribution in [2.24, 2.45) is 11.1 Å². The van der Waals surface area contributed by atoms with E-state index in [2.05, 4.69) is 11.1 Å². The van der Waals surface area contributed by atoms with Gasteiger partial charge in [-0.2, -0.15) is 5.26 Å². The van der Waals surface area contributed by atoms with E-state index in [0.29, 0.717) is 22.9 Å². The Morgan fingerprint density at radius 2 is 2.18 bits per heavy atom. The van der Waals surface area contributed by atoms with Crippen LogP contribution in [0.3, 0.4) is 0 Å². The monoisotopic (exact) mass is 229 g/mol. The maximum atomic E-state index is 8.93. The normalized spacial score (nSPS) is 34.6. The van der Waals surface area contributed by atoms with Gasteiger partial charge in [0.2, 0.25) is 5.88 Å². The lowest BCUT2D eigenvalue weighted by atomic mass is 9.53. The lowest BCUT2D eigenvalue weighted by Crippen LogP contribution is -2.56. The predicted octanol–water partition coefficient (Wildman–Crippen LogP) is 1.60. The van der Waals surface area contributed by atoms with E-state index in [1.54, 1.807) is 18.3 Å². The molecule has 4 heteroatoms. The largest absolute Gasteiger partial charge is 0.473 e. The smallest absolute Gasteiger partial charge is 0.231 e. The van der Waals surface area contributed by atoms with Crippen LogP contribution in [0.2, 0.25) is 0 Å². The first kappa shape index (κ1) is 10.5. The summed E-state index contributed by atoms with van der Waals surface area (Å²) in [6.07, 6.45) is 6.23. The molecule has 1 spiro atoms. The number of ether oxygens (including phenoxy) is 1. The summed E-state index contributed by atoms with van der Waals surface area (Å²) < 4.78 is 5.76. The molecule has 0 aliphatic heterocycles. The molecule has 0 amide bonds. The van der Waals surface area contributed by atoms with Crippen molar-refractivity contribution in [2.45, 2.75) is 37.8 Å². The third-order valence-corrected chi connectivity index (χ3v) is 3.88. The zero-order valence-electron chi connectivity index (χ0n) is 9.60. The van der Waals surface area contributed by atoms with E-state index >= 15 is 0 Å². The van der Waals surface area contributed by atoms with Crippen LogP contribution in [0.1, 0.15) is 31.2 Å². The molecular weight excluding hydrogens is 214 g/mol. The van der Waals surface area contributed by atoms with Crippen LogP contribution in [-0.2, 0) is 0 Å². The van der Waals surface area contributed by atoms with Gasteiger partial charge in [-0.15, -0.1) is 0 Å². The summed E-state index contributed by atoms with van der Waals surface area (Å²) in [6.45, 7) is 0. The maximum Gasteiger partial charge on any atom is 0.231 e. The molecule has 2 aliphatic carbocycles. The van der Waals surface area contributed by atoms with Gasteiger partial charge >= 0.3 is 0 Å². The highest BCUT2D eigenvalue weighted by atomic mass is 16.5. The van der Waals surface area contributed by atoms with E-state index < -0.39 is 0 Å². The summed E-state index contributed by atoms with van der Waals surface area (Å²) in [5.41, 5.74) is 6.77. The van der Waals surface area contributed by atoms with E-state index in [1.165, 1.54) is 0 Å². The van der Waals surface area contributed by atoms with Crippen molar-refractivity contribution < 1.29 is 4.74 Å². The number of nitrogens with two attached hydrogens (primary N) is 1. The quantitative estimate of drug-likeness (QED) is 0.836. The van der Waals surface area contributed by atoms with Crippen molar-refractivity contribution in [3.8, 4) is 11.9 Å². The Kier molecular flexibility index (Phi) is 2.30. The Morgan fingerprint density at radius 3 is 2.82 bits per heavy atom. The second-order valence-corrected chi connectivity index (χ2v) is 5.28. The highest BCUT2D eigenvalue weighted by Gasteiger charge is 2.53. The SMILES string of the molecule is N#Cc1cccnc1OC1CC2(CC(N)C2)C1. The summed E-state index contributed by atoms with van der Waals surface area (Å²) in [7, 11) is 0. The average molecular weight is 229 g/mol. The van der Waals surface area contributed by atoms with Gasteiger partial charge in [0.05, 0.1) is 0 Å². The first-order valence-corrected chi connectivity index (χ1v) is 5.98. The molecule has 17 heavy (non-hydrogen) atoms. The topological polar surface area (TPSA) is 71.9 Å². The van der Waals surface area contributed by atoms with Crippen LogP contribution in [0, 0.1) is 16.7 Å². The summed E-state index contributed by atoms with van der Waals surface area (Å²) >= 11 is 0. The van der Waals surface area contributed by atoms with Crippen LogP contribution >= 0.6 is 0 Å². The Bertz CT molecular complexity index is 466. The fraction of sp³-hybridized carbons (Fsp3) is 0.538. The van der Waals surface area contributed by atoms with Gasteiger partial charge in [0.15, 0.2) is 0 Å². The lowest BCUT2D eigenvalue weighted by Gasteiger charge is -2.56. The number of nitriles is 1. The number of pyridine rings is 1. The molecule has 0 unspecified atom stereocenters. The third-order valence-electron chi connectivity index (χ3n) is 3.88. The molecule has 1 aromatic heterocycles. The molecule has 0 aromatic carbocycles. The second-order valence-electron chi connectivity index (χ2n) is 5.28. The molecule has 88 valence electrons. The van der Waals surface area contributed by atoms with Crippen molar-refractivity contribution in [3.63, 3.8) is 0 Å². The van der Waals surface area contributed by atoms with Crippen LogP contribution in [0.4, 0.5) is 0 Å². The van der Waals surface area contributed by atoms with Crippen LogP contribution in [0.25, 0.3) is 0 Å². The van der Waals surface area contributed by atoms with Gasteiger partial charge < -0.3 is 10.5 Å². The highest BCUT2D eigenvalue weighted by molar-refractivity contribution is 5.37. The first-order valence-electron chi connectivity index (χ1n) is 5.98. The minimum atomic E-state index is 0.212. The molecule has 2 N–H and O–H groups in total. The van der Waals surface area contributed by atoms with E-state index in [0.717, 1.165) is 25.7 Å². The Morgan fingerprint density at radius 1 is 1.41 bits per heavy atom. The molecule has 2 aliphatic rings. The van der Waals surface area contributed by atoms with Crippen molar-refractivity contribution in [1.82, 2.24) is 4.98 Å². The van der Waals surface area contributed by atoms with Gasteiger partial charge in [-0.1, -0.05) is 0 Å². The average Bonchev–Trinajstić information content (AvgIpc) is 2.25. The molecule has 0 saturated heterocycles. The molecule has 2 saturated carbocycles. The van der Waals surface area contributed by atoms with Gasteiger partial charge in [-0.25, -0.2) is 4.98 Å². The molecule has 0 bridgehead atoms. The number of nitrogens with zero attached hydrogens (tertiary/aromatic N) is 2. The lowest BCUT2D eigenvalue weighted by molar-refractivity contribution is -0.0796. The zero-order chi connectivity index (χ0) is 11.9. The number of aromatic nitrogens is 1. The zero-order valence-corrected chi connectivity index (χ0v) is 9.60. The summed E-state index contributed by atoms with van der Waals surface area (Å²) in [5, 5.41) is 8.93. The fourth-order valence-corrected chi connectivity index (χ4v) is 3.10. The Labute approximate surface area is 100 Å². The van der Waals surface area contributed by atoms with Crippen molar-refractivity contribution in [2.75, 3.05) is 0 Å². The minimum Gasteiger partial charge on any atom is -0.473 e. The van der Waals surface area contributed by atoms with Crippen LogP contribution < -0.4 is 10.5 Å². The van der Waals surface area contributed by atoms with E-state index in [1.807, 2.05) is 0 Å².